The lowest BCUT2D eigenvalue weighted by Crippen LogP contribution is -2.37. The van der Waals surface area contributed by atoms with Gasteiger partial charge in [0, 0.05) is 25.9 Å². The molecule has 1 aromatic rings. The normalized spacial score (nSPS) is 23.3. The average Bonchev–Trinajstić information content (AvgIpc) is 2.80. The number of amides is 1. The van der Waals surface area contributed by atoms with E-state index >= 15 is 0 Å². The van der Waals surface area contributed by atoms with E-state index in [0.717, 1.165) is 6.54 Å². The number of aromatic nitrogens is 1. The van der Waals surface area contributed by atoms with Gasteiger partial charge in [0.15, 0.2) is 0 Å². The molecule has 1 fully saturated rings. The van der Waals surface area contributed by atoms with Crippen LogP contribution in [-0.4, -0.2) is 55.7 Å². The van der Waals surface area contributed by atoms with Crippen LogP contribution in [0.4, 0.5) is 5.69 Å². The Morgan fingerprint density at radius 1 is 1.53 bits per heavy atom. The van der Waals surface area contributed by atoms with Crippen LogP contribution in [0.15, 0.2) is 18.5 Å². The number of carbonyl (C=O) groups excluding carboxylic acids is 1. The highest BCUT2D eigenvalue weighted by Crippen LogP contribution is 2.24. The van der Waals surface area contributed by atoms with Gasteiger partial charge in [-0.05, 0) is 13.5 Å². The first-order valence-electron chi connectivity index (χ1n) is 6.17. The molecule has 0 aromatic carbocycles. The van der Waals surface area contributed by atoms with Gasteiger partial charge in [-0.1, -0.05) is 0 Å². The minimum atomic E-state index is -0.185. The number of hydrogen-bond donors (Lipinski definition) is 1. The van der Waals surface area contributed by atoms with Crippen LogP contribution in [0.25, 0.3) is 0 Å². The summed E-state index contributed by atoms with van der Waals surface area (Å²) in [5.41, 5.74) is 0.587. The van der Waals surface area contributed by atoms with Crippen LogP contribution >= 0.6 is 0 Å². The monoisotopic (exact) mass is 265 g/mol. The van der Waals surface area contributed by atoms with E-state index in [-0.39, 0.29) is 18.1 Å². The first-order chi connectivity index (χ1) is 9.15. The molecule has 0 aliphatic carbocycles. The SMILES string of the molecule is COc1ccncc1NC(=O)[C@@H]1C[C@H](OC)CN1C. The molecular formula is C13H19N3O3. The van der Waals surface area contributed by atoms with E-state index in [9.17, 15) is 4.79 Å². The summed E-state index contributed by atoms with van der Waals surface area (Å²) in [6, 6.07) is 1.53. The molecule has 2 atom stereocenters. The Morgan fingerprint density at radius 3 is 2.95 bits per heavy atom. The van der Waals surface area contributed by atoms with E-state index in [1.807, 2.05) is 11.9 Å². The Morgan fingerprint density at radius 2 is 2.32 bits per heavy atom. The molecular weight excluding hydrogens is 246 g/mol. The zero-order valence-electron chi connectivity index (χ0n) is 11.4. The molecule has 1 saturated heterocycles. The number of pyridine rings is 1. The van der Waals surface area contributed by atoms with Crippen LogP contribution in [0.2, 0.25) is 0 Å². The molecule has 2 heterocycles. The van der Waals surface area contributed by atoms with Crippen molar-refractivity contribution in [2.75, 3.05) is 33.1 Å². The molecule has 6 heteroatoms. The molecule has 1 amide bonds. The predicted molar refractivity (Wildman–Crippen MR) is 71.3 cm³/mol. The summed E-state index contributed by atoms with van der Waals surface area (Å²) in [5.74, 6) is 0.542. The van der Waals surface area contributed by atoms with Gasteiger partial charge in [0.05, 0.1) is 25.5 Å². The topological polar surface area (TPSA) is 63.7 Å². The van der Waals surface area contributed by atoms with Crippen LogP contribution in [0.1, 0.15) is 6.42 Å². The maximum atomic E-state index is 12.3. The highest BCUT2D eigenvalue weighted by molar-refractivity contribution is 5.96. The molecule has 1 aliphatic heterocycles. The summed E-state index contributed by atoms with van der Waals surface area (Å²) in [7, 11) is 5.15. The number of likely N-dealkylation sites (tertiary alicyclic amines) is 1. The minimum absolute atomic E-state index is 0.0617. The molecule has 2 rings (SSSR count). The second-order valence-corrected chi connectivity index (χ2v) is 4.61. The molecule has 0 saturated carbocycles. The predicted octanol–water partition coefficient (Wildman–Crippen LogP) is 0.748. The fourth-order valence-corrected chi connectivity index (χ4v) is 2.30. The largest absolute Gasteiger partial charge is 0.494 e. The van der Waals surface area contributed by atoms with Gasteiger partial charge in [0.25, 0.3) is 0 Å². The smallest absolute Gasteiger partial charge is 0.241 e. The number of nitrogens with one attached hydrogen (secondary N) is 1. The zero-order chi connectivity index (χ0) is 13.8. The van der Waals surface area contributed by atoms with Gasteiger partial charge in [0.1, 0.15) is 11.4 Å². The number of carbonyl (C=O) groups is 1. The number of rotatable bonds is 4. The number of ether oxygens (including phenoxy) is 2. The molecule has 6 nitrogen and oxygen atoms in total. The minimum Gasteiger partial charge on any atom is -0.494 e. The second kappa shape index (κ2) is 5.99. The van der Waals surface area contributed by atoms with Gasteiger partial charge in [0.2, 0.25) is 5.91 Å². The molecule has 1 N–H and O–H groups in total. The van der Waals surface area contributed by atoms with Crippen LogP contribution in [0.5, 0.6) is 5.75 Å². The third kappa shape index (κ3) is 3.02. The Balaban J connectivity index is 2.05. The maximum Gasteiger partial charge on any atom is 0.241 e. The molecule has 19 heavy (non-hydrogen) atoms. The van der Waals surface area contributed by atoms with Crippen LogP contribution in [0, 0.1) is 0 Å². The molecule has 104 valence electrons. The Labute approximate surface area is 112 Å². The summed E-state index contributed by atoms with van der Waals surface area (Å²) in [6.45, 7) is 0.763. The number of anilines is 1. The average molecular weight is 265 g/mol. The van der Waals surface area contributed by atoms with Crippen molar-refractivity contribution in [3.63, 3.8) is 0 Å². The van der Waals surface area contributed by atoms with Crippen molar-refractivity contribution in [3.8, 4) is 5.75 Å². The summed E-state index contributed by atoms with van der Waals surface area (Å²) < 4.78 is 10.5. The third-order valence-electron chi connectivity index (χ3n) is 3.40. The zero-order valence-corrected chi connectivity index (χ0v) is 11.4. The van der Waals surface area contributed by atoms with Gasteiger partial charge in [-0.15, -0.1) is 0 Å². The summed E-state index contributed by atoms with van der Waals surface area (Å²) in [4.78, 5) is 18.2. The Kier molecular flexibility index (Phi) is 4.34. The van der Waals surface area contributed by atoms with Gasteiger partial charge in [-0.3, -0.25) is 14.7 Å². The van der Waals surface area contributed by atoms with Crippen LogP contribution in [-0.2, 0) is 9.53 Å². The van der Waals surface area contributed by atoms with E-state index in [1.165, 1.54) is 0 Å². The highest BCUT2D eigenvalue weighted by atomic mass is 16.5. The molecule has 0 spiro atoms. The van der Waals surface area contributed by atoms with E-state index in [2.05, 4.69) is 10.3 Å². The first-order valence-corrected chi connectivity index (χ1v) is 6.17. The van der Waals surface area contributed by atoms with Crippen LogP contribution < -0.4 is 10.1 Å². The Hall–Kier alpha value is -1.66. The lowest BCUT2D eigenvalue weighted by atomic mass is 10.2. The van der Waals surface area contributed by atoms with Crippen molar-refractivity contribution in [1.82, 2.24) is 9.88 Å². The fourth-order valence-electron chi connectivity index (χ4n) is 2.30. The first kappa shape index (κ1) is 13.8. The Bertz CT molecular complexity index is 453. The van der Waals surface area contributed by atoms with E-state index in [0.29, 0.717) is 17.9 Å². The molecule has 0 bridgehead atoms. The summed E-state index contributed by atoms with van der Waals surface area (Å²) in [5, 5.41) is 2.85. The maximum absolute atomic E-state index is 12.3. The lowest BCUT2D eigenvalue weighted by molar-refractivity contribution is -0.120. The second-order valence-electron chi connectivity index (χ2n) is 4.61. The number of methoxy groups -OCH3 is 2. The molecule has 0 unspecified atom stereocenters. The van der Waals surface area contributed by atoms with E-state index in [4.69, 9.17) is 9.47 Å². The molecule has 1 aliphatic rings. The standard InChI is InChI=1S/C13H19N3O3/c1-16-8-9(18-2)6-11(16)13(17)15-10-7-14-5-4-12(10)19-3/h4-5,7,9,11H,6,8H2,1-3H3,(H,15,17)/t9-,11-/m0/s1. The van der Waals surface area contributed by atoms with Crippen LogP contribution in [0.3, 0.4) is 0 Å². The van der Waals surface area contributed by atoms with E-state index in [1.54, 1.807) is 32.7 Å². The molecule has 0 radical (unpaired) electrons. The quantitative estimate of drug-likeness (QED) is 0.870. The molecule has 1 aromatic heterocycles. The van der Waals surface area contributed by atoms with Crippen molar-refractivity contribution in [2.24, 2.45) is 0 Å². The number of likely N-dealkylation sites (N-methyl/N-ethyl adjacent to an activating group) is 1. The third-order valence-corrected chi connectivity index (χ3v) is 3.40. The van der Waals surface area contributed by atoms with Gasteiger partial charge < -0.3 is 14.8 Å². The van der Waals surface area contributed by atoms with Crippen molar-refractivity contribution >= 4 is 11.6 Å². The van der Waals surface area contributed by atoms with Gasteiger partial charge in [-0.25, -0.2) is 0 Å². The number of nitrogens with zero attached hydrogens (tertiary/aromatic N) is 2. The summed E-state index contributed by atoms with van der Waals surface area (Å²) >= 11 is 0. The van der Waals surface area contributed by atoms with Crippen molar-refractivity contribution in [1.29, 1.82) is 0 Å². The number of hydrogen-bond acceptors (Lipinski definition) is 5. The van der Waals surface area contributed by atoms with Crippen molar-refractivity contribution < 1.29 is 14.3 Å². The highest BCUT2D eigenvalue weighted by Gasteiger charge is 2.34. The van der Waals surface area contributed by atoms with Crippen molar-refractivity contribution in [3.05, 3.63) is 18.5 Å². The van der Waals surface area contributed by atoms with Gasteiger partial charge >= 0.3 is 0 Å². The van der Waals surface area contributed by atoms with E-state index < -0.39 is 0 Å². The fraction of sp³-hybridized carbons (Fsp3) is 0.538. The summed E-state index contributed by atoms with van der Waals surface area (Å²) in [6.07, 6.45) is 4.01. The van der Waals surface area contributed by atoms with Crippen molar-refractivity contribution in [2.45, 2.75) is 18.6 Å². The van der Waals surface area contributed by atoms with Gasteiger partial charge in [-0.2, -0.15) is 0 Å². The lowest BCUT2D eigenvalue weighted by Gasteiger charge is -2.18.